The van der Waals surface area contributed by atoms with Crippen molar-refractivity contribution in [1.29, 1.82) is 0 Å². The van der Waals surface area contributed by atoms with Gasteiger partial charge in [-0.25, -0.2) is 23.8 Å². The molecule has 0 unspecified atom stereocenters. The molecule has 4 atom stereocenters. The summed E-state index contributed by atoms with van der Waals surface area (Å²) in [5.41, 5.74) is 7.26. The molecule has 0 spiro atoms. The maximum atomic E-state index is 15.3. The van der Waals surface area contributed by atoms with Gasteiger partial charge in [0.15, 0.2) is 5.60 Å². The predicted octanol–water partition coefficient (Wildman–Crippen LogP) is 1.68. The second kappa shape index (κ2) is 22.8. The monoisotopic (exact) mass is 1030 g/mol. The van der Waals surface area contributed by atoms with Crippen molar-refractivity contribution in [3.8, 4) is 11.4 Å². The van der Waals surface area contributed by atoms with Gasteiger partial charge in [0.05, 0.1) is 35.1 Å². The lowest BCUT2D eigenvalue weighted by Crippen LogP contribution is -2.54. The standard InChI is InChI=1S/C50H59FN10O13/c1-6-50(71)32-16-37-43-30(19-61(37)46(67)31(32)21-73-47(50)68)41-34(14-13-29-25(4)33(51)17-36(59-43)40(29)41)58-39(64)22-72-23-55-38(63)18-54-49(70)74-20-27-9-11-28(12-10-27)57-44(65)35(8-7-15-53-48(52)69)60-45(66)42(24(2)3)56-26(5)62/h9-12,16-17,24,34-35,42,71H,6-8,13-15,18-23H2,1-5H3,(H,54,70)(H,55,63)(H,56,62)(H,57,65)(H,58,64)(H,60,66)(H3,52,53,69)/t34-,35-,42-,50-/m0/s1. The van der Waals surface area contributed by atoms with Gasteiger partial charge in [0.1, 0.15) is 51.0 Å². The van der Waals surface area contributed by atoms with Crippen LogP contribution < -0.4 is 48.5 Å². The molecule has 4 heterocycles. The van der Waals surface area contributed by atoms with Crippen LogP contribution in [0.15, 0.2) is 41.2 Å². The van der Waals surface area contributed by atoms with Gasteiger partial charge in [0, 0.05) is 41.7 Å². The Morgan fingerprint density at radius 2 is 1.73 bits per heavy atom. The zero-order valence-corrected chi connectivity index (χ0v) is 41.5. The quantitative estimate of drug-likeness (QED) is 0.0305. The number of alkyl carbamates (subject to hydrolysis) is 1. The number of benzene rings is 2. The molecule has 0 bridgehead atoms. The molecule has 0 saturated heterocycles. The van der Waals surface area contributed by atoms with Crippen LogP contribution in [0, 0.1) is 18.7 Å². The molecule has 0 fully saturated rings. The van der Waals surface area contributed by atoms with Crippen molar-refractivity contribution in [2.24, 2.45) is 11.7 Å². The number of halogens is 1. The number of carbonyl (C=O) groups excluding carboxylic acids is 8. The number of rotatable bonds is 20. The molecule has 24 heteroatoms. The Balaban J connectivity index is 0.883. The topological polar surface area (TPSA) is 330 Å². The third-order valence-electron chi connectivity index (χ3n) is 13.2. The number of aliphatic hydroxyl groups is 1. The van der Waals surface area contributed by atoms with E-state index in [0.717, 1.165) is 5.56 Å². The smallest absolute Gasteiger partial charge is 0.407 e. The SMILES string of the molecule is CC[C@@]1(O)C(=O)OCc2c1cc1n(c2=O)Cc2c-1nc1cc(F)c(C)c3c1c2[C@@H](NC(=O)COCNC(=O)CNC(=O)OCc1ccc(NC(=O)[C@H](CCCNC(N)=O)NC(=O)[C@@H](NC(C)=O)C(C)C)cc1)CC3. The van der Waals surface area contributed by atoms with Crippen molar-refractivity contribution in [2.45, 2.75) is 110 Å². The van der Waals surface area contributed by atoms with Gasteiger partial charge < -0.3 is 66.8 Å². The highest BCUT2D eigenvalue weighted by Gasteiger charge is 2.46. The first-order chi connectivity index (χ1) is 35.2. The van der Waals surface area contributed by atoms with E-state index >= 15 is 4.39 Å². The summed E-state index contributed by atoms with van der Waals surface area (Å²) in [5, 5.41) is 30.2. The number of esters is 1. The van der Waals surface area contributed by atoms with Gasteiger partial charge in [-0.2, -0.15) is 0 Å². The van der Waals surface area contributed by atoms with Gasteiger partial charge in [-0.15, -0.1) is 0 Å². The summed E-state index contributed by atoms with van der Waals surface area (Å²) >= 11 is 0. The highest BCUT2D eigenvalue weighted by atomic mass is 19.1. The minimum atomic E-state index is -2.04. The molecule has 0 radical (unpaired) electrons. The van der Waals surface area contributed by atoms with Gasteiger partial charge in [-0.3, -0.25) is 28.8 Å². The average molecular weight is 1030 g/mol. The number of aromatic nitrogens is 2. The lowest BCUT2D eigenvalue weighted by atomic mass is 9.81. The molecule has 0 saturated carbocycles. The molecule has 2 aromatic heterocycles. The zero-order chi connectivity index (χ0) is 53.6. The number of cyclic esters (lactones) is 1. The van der Waals surface area contributed by atoms with E-state index in [1.54, 1.807) is 58.0 Å². The Morgan fingerprint density at radius 3 is 2.42 bits per heavy atom. The van der Waals surface area contributed by atoms with Crippen molar-refractivity contribution in [2.75, 3.05) is 31.7 Å². The van der Waals surface area contributed by atoms with E-state index < -0.39 is 95.9 Å². The molecule has 74 heavy (non-hydrogen) atoms. The van der Waals surface area contributed by atoms with Crippen LogP contribution in [0.3, 0.4) is 0 Å². The number of aryl methyl sites for hydroxylation is 1. The third-order valence-corrected chi connectivity index (χ3v) is 13.2. The first kappa shape index (κ1) is 53.8. The van der Waals surface area contributed by atoms with E-state index in [4.69, 9.17) is 24.9 Å². The number of carbonyl (C=O) groups is 8. The summed E-state index contributed by atoms with van der Waals surface area (Å²) in [7, 11) is 0. The van der Waals surface area contributed by atoms with E-state index in [0.29, 0.717) is 69.5 Å². The summed E-state index contributed by atoms with van der Waals surface area (Å²) < 4.78 is 32.6. The summed E-state index contributed by atoms with van der Waals surface area (Å²) in [4.78, 5) is 119. The number of nitrogens with zero attached hydrogens (tertiary/aromatic N) is 2. The number of nitrogens with two attached hydrogens (primary N) is 1. The van der Waals surface area contributed by atoms with Gasteiger partial charge in [0.2, 0.25) is 29.5 Å². The van der Waals surface area contributed by atoms with Crippen LogP contribution in [0.4, 0.5) is 19.7 Å². The number of hydrogen-bond acceptors (Lipinski definition) is 14. The van der Waals surface area contributed by atoms with Crippen molar-refractivity contribution in [3.63, 3.8) is 0 Å². The highest BCUT2D eigenvalue weighted by molar-refractivity contribution is 5.98. The summed E-state index contributed by atoms with van der Waals surface area (Å²) in [6, 6.07) is 5.87. The minimum Gasteiger partial charge on any atom is -0.458 e. The number of ether oxygens (including phenoxy) is 3. The van der Waals surface area contributed by atoms with Gasteiger partial charge >= 0.3 is 18.1 Å². The van der Waals surface area contributed by atoms with Gasteiger partial charge in [0.25, 0.3) is 5.56 Å². The normalized spacial score (nSPS) is 16.9. The van der Waals surface area contributed by atoms with E-state index in [2.05, 4.69) is 37.2 Å². The van der Waals surface area contributed by atoms with E-state index in [-0.39, 0.29) is 62.9 Å². The molecule has 8 amide bonds. The van der Waals surface area contributed by atoms with Crippen molar-refractivity contribution in [1.82, 2.24) is 41.5 Å². The molecule has 2 aliphatic heterocycles. The van der Waals surface area contributed by atoms with Crippen molar-refractivity contribution in [3.05, 3.63) is 91.5 Å². The molecule has 1 aliphatic carbocycles. The molecule has 7 rings (SSSR count). The fourth-order valence-electron chi connectivity index (χ4n) is 9.34. The number of pyridine rings is 2. The second-order valence-corrected chi connectivity index (χ2v) is 18.6. The Hall–Kier alpha value is -7.99. The number of fused-ring (bicyclic) bond motifs is 5. The zero-order valence-electron chi connectivity index (χ0n) is 41.5. The van der Waals surface area contributed by atoms with Crippen LogP contribution >= 0.6 is 0 Å². The van der Waals surface area contributed by atoms with Crippen LogP contribution in [0.2, 0.25) is 0 Å². The van der Waals surface area contributed by atoms with E-state index in [9.17, 15) is 48.3 Å². The molecule has 2 aromatic carbocycles. The fourth-order valence-corrected chi connectivity index (χ4v) is 9.34. The van der Waals surface area contributed by atoms with Crippen LogP contribution in [-0.2, 0) is 74.8 Å². The average Bonchev–Trinajstić information content (AvgIpc) is 3.73. The predicted molar refractivity (Wildman–Crippen MR) is 262 cm³/mol. The summed E-state index contributed by atoms with van der Waals surface area (Å²) in [6.07, 6.45) is 0.263. The van der Waals surface area contributed by atoms with Crippen molar-refractivity contribution >= 4 is 64.2 Å². The van der Waals surface area contributed by atoms with Gasteiger partial charge in [-0.1, -0.05) is 32.9 Å². The highest BCUT2D eigenvalue weighted by Crippen LogP contribution is 2.46. The van der Waals surface area contributed by atoms with Crippen LogP contribution in [-0.4, -0.2) is 101 Å². The number of hydrogen-bond donors (Lipinski definition) is 9. The molecule has 4 aromatic rings. The number of nitrogens with one attached hydrogen (secondary N) is 7. The molecule has 10 N–H and O–H groups in total. The summed E-state index contributed by atoms with van der Waals surface area (Å²) in [5.74, 6) is -4.32. The Morgan fingerprint density at radius 1 is 0.986 bits per heavy atom. The number of primary amides is 1. The minimum absolute atomic E-state index is 0.0445. The Labute approximate surface area is 423 Å². The maximum Gasteiger partial charge on any atom is 0.407 e. The molecular formula is C50H59FN10O13. The van der Waals surface area contributed by atoms with Gasteiger partial charge in [-0.05, 0) is 85.4 Å². The second-order valence-electron chi connectivity index (χ2n) is 18.6. The lowest BCUT2D eigenvalue weighted by molar-refractivity contribution is -0.172. The van der Waals surface area contributed by atoms with Crippen molar-refractivity contribution < 1.29 is 62.1 Å². The number of anilines is 1. The first-order valence-electron chi connectivity index (χ1n) is 24.1. The lowest BCUT2D eigenvalue weighted by Gasteiger charge is -2.31. The molecule has 3 aliphatic rings. The largest absolute Gasteiger partial charge is 0.458 e. The molecule has 394 valence electrons. The van der Waals surface area contributed by atoms with E-state index in [1.807, 2.05) is 0 Å². The maximum absolute atomic E-state index is 15.3. The Kier molecular flexibility index (Phi) is 16.6. The number of urea groups is 1. The first-order valence-corrected chi connectivity index (χ1v) is 24.1. The molecule has 23 nitrogen and oxygen atoms in total. The fraction of sp³-hybridized carbons (Fsp3) is 0.440. The van der Waals surface area contributed by atoms with Crippen LogP contribution in [0.1, 0.15) is 98.4 Å². The number of amides is 8. The Bertz CT molecular complexity index is 2980. The third kappa shape index (κ3) is 11.8. The molecular weight excluding hydrogens is 968 g/mol. The van der Waals surface area contributed by atoms with Crippen LogP contribution in [0.25, 0.3) is 22.3 Å². The van der Waals surface area contributed by atoms with Crippen LogP contribution in [0.5, 0.6) is 0 Å². The van der Waals surface area contributed by atoms with E-state index in [1.165, 1.54) is 17.6 Å². The summed E-state index contributed by atoms with van der Waals surface area (Å²) in [6.45, 7) is 6.41.